The Labute approximate surface area is 117 Å². The Kier molecular flexibility index (Phi) is 4.50. The van der Waals surface area contributed by atoms with E-state index in [0.717, 1.165) is 16.6 Å². The van der Waals surface area contributed by atoms with Gasteiger partial charge in [-0.25, -0.2) is 0 Å². The van der Waals surface area contributed by atoms with Gasteiger partial charge in [0.2, 0.25) is 0 Å². The van der Waals surface area contributed by atoms with Crippen LogP contribution in [0.4, 0.5) is 0 Å². The quantitative estimate of drug-likeness (QED) is 0.932. The second-order valence-electron chi connectivity index (χ2n) is 4.38. The van der Waals surface area contributed by atoms with Crippen LogP contribution in [0.3, 0.4) is 0 Å². The predicted octanol–water partition coefficient (Wildman–Crippen LogP) is 3.66. The van der Waals surface area contributed by atoms with E-state index in [2.05, 4.69) is 57.4 Å². The van der Waals surface area contributed by atoms with E-state index in [1.54, 1.807) is 0 Å². The lowest BCUT2D eigenvalue weighted by atomic mass is 10.0. The number of rotatable bonds is 4. The minimum atomic E-state index is 0.289. The van der Waals surface area contributed by atoms with Crippen LogP contribution in [-0.2, 0) is 6.42 Å². The molecule has 0 radical (unpaired) electrons. The van der Waals surface area contributed by atoms with E-state index in [9.17, 15) is 0 Å². The first kappa shape index (κ1) is 13.2. The lowest BCUT2D eigenvalue weighted by Gasteiger charge is -2.17. The summed E-state index contributed by atoms with van der Waals surface area (Å²) in [7, 11) is 1.99. The van der Waals surface area contributed by atoms with Gasteiger partial charge in [0.25, 0.3) is 0 Å². The molecule has 2 rings (SSSR count). The van der Waals surface area contributed by atoms with Crippen molar-refractivity contribution in [1.29, 1.82) is 0 Å². The summed E-state index contributed by atoms with van der Waals surface area (Å²) in [6, 6.07) is 12.8. The van der Waals surface area contributed by atoms with Crippen LogP contribution < -0.4 is 5.32 Å². The molecule has 1 aromatic carbocycles. The third-order valence-electron chi connectivity index (χ3n) is 3.09. The molecule has 0 aliphatic heterocycles. The van der Waals surface area contributed by atoms with Crippen LogP contribution >= 0.6 is 15.9 Å². The van der Waals surface area contributed by atoms with E-state index in [-0.39, 0.29) is 6.04 Å². The van der Waals surface area contributed by atoms with Gasteiger partial charge in [0.1, 0.15) is 0 Å². The maximum atomic E-state index is 4.38. The number of hydrogen-bond donors (Lipinski definition) is 1. The molecule has 1 aromatic heterocycles. The number of aryl methyl sites for hydroxylation is 1. The second-order valence-corrected chi connectivity index (χ2v) is 5.23. The Hall–Kier alpha value is -1.19. The molecule has 0 aliphatic rings. The summed E-state index contributed by atoms with van der Waals surface area (Å²) >= 11 is 3.59. The van der Waals surface area contributed by atoms with Gasteiger partial charge in [-0.2, -0.15) is 0 Å². The van der Waals surface area contributed by atoms with Gasteiger partial charge in [0.05, 0.1) is 0 Å². The number of aromatic nitrogens is 1. The average Bonchev–Trinajstić information content (AvgIpc) is 2.40. The van der Waals surface area contributed by atoms with Crippen molar-refractivity contribution in [1.82, 2.24) is 10.3 Å². The summed E-state index contributed by atoms with van der Waals surface area (Å²) in [5.74, 6) is 0. The molecule has 0 spiro atoms. The maximum Gasteiger partial charge on any atom is 0.0422 e. The molecule has 1 N–H and O–H groups in total. The fraction of sp³-hybridized carbons (Fsp3) is 0.267. The van der Waals surface area contributed by atoms with Crippen molar-refractivity contribution in [2.45, 2.75) is 19.4 Å². The van der Waals surface area contributed by atoms with Crippen molar-refractivity contribution in [2.75, 3.05) is 7.05 Å². The van der Waals surface area contributed by atoms with Gasteiger partial charge in [0.15, 0.2) is 0 Å². The number of nitrogens with one attached hydrogen (secondary N) is 1. The Morgan fingerprint density at radius 3 is 2.72 bits per heavy atom. The van der Waals surface area contributed by atoms with Crippen molar-refractivity contribution in [3.63, 3.8) is 0 Å². The Morgan fingerprint density at radius 1 is 1.28 bits per heavy atom. The van der Waals surface area contributed by atoms with Crippen LogP contribution in [0, 0.1) is 6.92 Å². The Balaban J connectivity index is 2.20. The van der Waals surface area contributed by atoms with E-state index in [0.29, 0.717) is 0 Å². The first-order valence-corrected chi connectivity index (χ1v) is 6.83. The molecule has 94 valence electrons. The summed E-state index contributed by atoms with van der Waals surface area (Å²) in [6.45, 7) is 2.10. The van der Waals surface area contributed by atoms with E-state index in [1.807, 2.05) is 25.4 Å². The highest BCUT2D eigenvalue weighted by atomic mass is 79.9. The van der Waals surface area contributed by atoms with Gasteiger partial charge < -0.3 is 5.32 Å². The average molecular weight is 305 g/mol. The van der Waals surface area contributed by atoms with Gasteiger partial charge in [-0.3, -0.25) is 4.98 Å². The van der Waals surface area contributed by atoms with Crippen LogP contribution in [-0.4, -0.2) is 12.0 Å². The van der Waals surface area contributed by atoms with E-state index >= 15 is 0 Å². The van der Waals surface area contributed by atoms with Crippen LogP contribution in [0.5, 0.6) is 0 Å². The SMILES string of the molecule is CNC(Cc1ccccn1)c1ccc(C)c(Br)c1. The monoisotopic (exact) mass is 304 g/mol. The number of nitrogens with zero attached hydrogens (tertiary/aromatic N) is 1. The Bertz CT molecular complexity index is 511. The third kappa shape index (κ3) is 3.18. The second kappa shape index (κ2) is 6.12. The number of benzene rings is 1. The van der Waals surface area contributed by atoms with Gasteiger partial charge in [-0.05, 0) is 43.3 Å². The molecule has 18 heavy (non-hydrogen) atoms. The molecule has 2 nitrogen and oxygen atoms in total. The summed E-state index contributed by atoms with van der Waals surface area (Å²) in [4.78, 5) is 4.38. The predicted molar refractivity (Wildman–Crippen MR) is 78.6 cm³/mol. The molecular formula is C15H17BrN2. The van der Waals surface area contributed by atoms with Crippen molar-refractivity contribution in [3.8, 4) is 0 Å². The van der Waals surface area contributed by atoms with Crippen molar-refractivity contribution < 1.29 is 0 Å². The fourth-order valence-electron chi connectivity index (χ4n) is 1.94. The highest BCUT2D eigenvalue weighted by Crippen LogP contribution is 2.23. The molecule has 1 heterocycles. The fourth-order valence-corrected chi connectivity index (χ4v) is 2.34. The lowest BCUT2D eigenvalue weighted by molar-refractivity contribution is 0.584. The molecule has 0 aliphatic carbocycles. The highest BCUT2D eigenvalue weighted by Gasteiger charge is 2.11. The van der Waals surface area contributed by atoms with E-state index in [1.165, 1.54) is 11.1 Å². The van der Waals surface area contributed by atoms with Crippen LogP contribution in [0.1, 0.15) is 22.9 Å². The van der Waals surface area contributed by atoms with Crippen LogP contribution in [0.2, 0.25) is 0 Å². The smallest absolute Gasteiger partial charge is 0.0422 e. The van der Waals surface area contributed by atoms with Crippen molar-refractivity contribution in [3.05, 3.63) is 63.9 Å². The topological polar surface area (TPSA) is 24.9 Å². The number of likely N-dealkylation sites (N-methyl/N-ethyl adjacent to an activating group) is 1. The van der Waals surface area contributed by atoms with Gasteiger partial charge >= 0.3 is 0 Å². The minimum Gasteiger partial charge on any atom is -0.313 e. The van der Waals surface area contributed by atoms with Gasteiger partial charge in [0, 0.05) is 28.8 Å². The zero-order valence-electron chi connectivity index (χ0n) is 10.7. The van der Waals surface area contributed by atoms with Crippen LogP contribution in [0.15, 0.2) is 47.1 Å². The summed E-state index contributed by atoms with van der Waals surface area (Å²) in [6.07, 6.45) is 2.74. The standard InChI is InChI=1S/C15H17BrN2/c1-11-6-7-12(9-14(11)16)15(17-2)10-13-5-3-4-8-18-13/h3-9,15,17H,10H2,1-2H3. The summed E-state index contributed by atoms with van der Waals surface area (Å²) in [5.41, 5.74) is 3.64. The molecular weight excluding hydrogens is 288 g/mol. The van der Waals surface area contributed by atoms with E-state index < -0.39 is 0 Å². The third-order valence-corrected chi connectivity index (χ3v) is 3.94. The number of halogens is 1. The molecule has 0 fully saturated rings. The largest absolute Gasteiger partial charge is 0.313 e. The minimum absolute atomic E-state index is 0.289. The number of pyridine rings is 1. The molecule has 2 aromatic rings. The normalized spacial score (nSPS) is 12.4. The van der Waals surface area contributed by atoms with Gasteiger partial charge in [-0.15, -0.1) is 0 Å². The summed E-state index contributed by atoms with van der Waals surface area (Å²) in [5, 5.41) is 3.35. The molecule has 0 amide bonds. The zero-order chi connectivity index (χ0) is 13.0. The first-order chi connectivity index (χ1) is 8.70. The molecule has 0 saturated heterocycles. The molecule has 0 bridgehead atoms. The summed E-state index contributed by atoms with van der Waals surface area (Å²) < 4.78 is 1.15. The zero-order valence-corrected chi connectivity index (χ0v) is 12.2. The Morgan fingerprint density at radius 2 is 2.11 bits per heavy atom. The number of hydrogen-bond acceptors (Lipinski definition) is 2. The van der Waals surface area contributed by atoms with E-state index in [4.69, 9.17) is 0 Å². The van der Waals surface area contributed by atoms with Gasteiger partial charge in [-0.1, -0.05) is 34.1 Å². The molecule has 3 heteroatoms. The van der Waals surface area contributed by atoms with Crippen molar-refractivity contribution >= 4 is 15.9 Å². The van der Waals surface area contributed by atoms with Crippen LogP contribution in [0.25, 0.3) is 0 Å². The highest BCUT2D eigenvalue weighted by molar-refractivity contribution is 9.10. The molecule has 0 saturated carbocycles. The first-order valence-electron chi connectivity index (χ1n) is 6.04. The van der Waals surface area contributed by atoms with Crippen molar-refractivity contribution in [2.24, 2.45) is 0 Å². The lowest BCUT2D eigenvalue weighted by Crippen LogP contribution is -2.19. The molecule has 1 atom stereocenters. The maximum absolute atomic E-state index is 4.38. The molecule has 1 unspecified atom stereocenters.